The molecule has 19 heavy (non-hydrogen) atoms. The maximum Gasteiger partial charge on any atom is 0.341 e. The van der Waals surface area contributed by atoms with E-state index in [1.54, 1.807) is 6.07 Å². The Morgan fingerprint density at radius 2 is 1.89 bits per heavy atom. The highest BCUT2D eigenvalue weighted by atomic mass is 79.9. The highest BCUT2D eigenvalue weighted by molar-refractivity contribution is 9.10. The molecule has 0 fully saturated rings. The Morgan fingerprint density at radius 3 is 2.58 bits per heavy atom. The van der Waals surface area contributed by atoms with Crippen molar-refractivity contribution >= 4 is 49.4 Å². The van der Waals surface area contributed by atoms with Crippen molar-refractivity contribution in [2.24, 2.45) is 0 Å². The lowest BCUT2D eigenvalue weighted by molar-refractivity contribution is 0.0472. The molecule has 2 aromatic rings. The minimum atomic E-state index is -0.498. The second-order valence-electron chi connectivity index (χ2n) is 3.69. The lowest BCUT2D eigenvalue weighted by Crippen LogP contribution is -2.06. The van der Waals surface area contributed by atoms with Gasteiger partial charge in [-0.25, -0.2) is 9.78 Å². The first-order chi connectivity index (χ1) is 9.06. The van der Waals surface area contributed by atoms with Crippen LogP contribution < -0.4 is 0 Å². The maximum atomic E-state index is 11.9. The smallest absolute Gasteiger partial charge is 0.341 e. The molecule has 0 N–H and O–H groups in total. The van der Waals surface area contributed by atoms with E-state index in [1.165, 1.54) is 6.20 Å². The zero-order chi connectivity index (χ0) is 13.8. The van der Waals surface area contributed by atoms with Gasteiger partial charge in [0.15, 0.2) is 0 Å². The lowest BCUT2D eigenvalue weighted by atomic mass is 10.2. The van der Waals surface area contributed by atoms with Gasteiger partial charge >= 0.3 is 5.97 Å². The zero-order valence-electron chi connectivity index (χ0n) is 9.57. The topological polar surface area (TPSA) is 39.2 Å². The Kier molecular flexibility index (Phi) is 4.96. The number of hydrogen-bond donors (Lipinski definition) is 0. The van der Waals surface area contributed by atoms with Gasteiger partial charge < -0.3 is 4.74 Å². The lowest BCUT2D eigenvalue weighted by Gasteiger charge is -2.06. The largest absolute Gasteiger partial charge is 0.457 e. The molecular weight excluding hydrogens is 397 g/mol. The summed E-state index contributed by atoms with van der Waals surface area (Å²) in [7, 11) is 0. The SMILES string of the molecule is O=C(OCc1ccc(Br)cc1)c1cc(Br)cnc1Cl. The number of rotatable bonds is 3. The number of esters is 1. The van der Waals surface area contributed by atoms with Crippen molar-refractivity contribution in [1.29, 1.82) is 0 Å². The van der Waals surface area contributed by atoms with E-state index in [0.29, 0.717) is 4.47 Å². The zero-order valence-corrected chi connectivity index (χ0v) is 13.5. The highest BCUT2D eigenvalue weighted by Crippen LogP contribution is 2.19. The van der Waals surface area contributed by atoms with Gasteiger partial charge in [-0.05, 0) is 39.7 Å². The van der Waals surface area contributed by atoms with E-state index in [-0.39, 0.29) is 17.3 Å². The standard InChI is InChI=1S/C13H8Br2ClNO2/c14-9-3-1-8(2-4-9)7-19-13(18)11-5-10(15)6-17-12(11)16/h1-6H,7H2. The normalized spacial score (nSPS) is 10.3. The molecule has 0 atom stereocenters. The summed E-state index contributed by atoms with van der Waals surface area (Å²) >= 11 is 12.4. The minimum absolute atomic E-state index is 0.129. The van der Waals surface area contributed by atoms with Gasteiger partial charge in [-0.3, -0.25) is 0 Å². The molecule has 1 heterocycles. The van der Waals surface area contributed by atoms with E-state index in [0.717, 1.165) is 10.0 Å². The summed E-state index contributed by atoms with van der Waals surface area (Å²) < 4.78 is 6.84. The fourth-order valence-corrected chi connectivity index (χ4v) is 2.15. The number of halogens is 3. The molecule has 6 heteroatoms. The molecule has 1 aromatic carbocycles. The van der Waals surface area contributed by atoms with Crippen LogP contribution in [-0.2, 0) is 11.3 Å². The predicted octanol–water partition coefficient (Wildman–Crippen LogP) is 4.62. The van der Waals surface area contributed by atoms with E-state index >= 15 is 0 Å². The van der Waals surface area contributed by atoms with Crippen LogP contribution in [0.3, 0.4) is 0 Å². The van der Waals surface area contributed by atoms with Crippen LogP contribution in [0.15, 0.2) is 45.5 Å². The molecule has 0 unspecified atom stereocenters. The van der Waals surface area contributed by atoms with Gasteiger partial charge in [0.1, 0.15) is 11.8 Å². The third-order valence-electron chi connectivity index (χ3n) is 2.31. The average molecular weight is 405 g/mol. The molecule has 0 amide bonds. The third kappa shape index (κ3) is 4.03. The van der Waals surface area contributed by atoms with E-state index in [2.05, 4.69) is 36.8 Å². The van der Waals surface area contributed by atoms with Crippen LogP contribution >= 0.6 is 43.5 Å². The van der Waals surface area contributed by atoms with Crippen molar-refractivity contribution in [1.82, 2.24) is 4.98 Å². The number of ether oxygens (including phenoxy) is 1. The quantitative estimate of drug-likeness (QED) is 0.553. The summed E-state index contributed by atoms with van der Waals surface area (Å²) in [6, 6.07) is 9.10. The van der Waals surface area contributed by atoms with E-state index in [1.807, 2.05) is 24.3 Å². The van der Waals surface area contributed by atoms with E-state index in [9.17, 15) is 4.79 Å². The Labute approximate surface area is 132 Å². The molecule has 3 nitrogen and oxygen atoms in total. The molecule has 1 aromatic heterocycles. The summed E-state index contributed by atoms with van der Waals surface area (Å²) in [6.45, 7) is 0.189. The summed E-state index contributed by atoms with van der Waals surface area (Å²) in [5, 5.41) is 0.129. The second kappa shape index (κ2) is 6.50. The number of hydrogen-bond acceptors (Lipinski definition) is 3. The van der Waals surface area contributed by atoms with Crippen LogP contribution in [0.4, 0.5) is 0 Å². The van der Waals surface area contributed by atoms with Gasteiger partial charge in [0.2, 0.25) is 0 Å². The molecule has 0 radical (unpaired) electrons. The molecule has 98 valence electrons. The number of carbonyl (C=O) groups is 1. The molecule has 0 saturated carbocycles. The number of aromatic nitrogens is 1. The van der Waals surface area contributed by atoms with Crippen LogP contribution in [0.5, 0.6) is 0 Å². The van der Waals surface area contributed by atoms with Gasteiger partial charge in [0.25, 0.3) is 0 Å². The van der Waals surface area contributed by atoms with Crippen molar-refractivity contribution in [2.75, 3.05) is 0 Å². The Morgan fingerprint density at radius 1 is 1.21 bits per heavy atom. The number of pyridine rings is 1. The first-order valence-electron chi connectivity index (χ1n) is 5.29. The Balaban J connectivity index is 2.05. The second-order valence-corrected chi connectivity index (χ2v) is 5.88. The maximum absolute atomic E-state index is 11.9. The minimum Gasteiger partial charge on any atom is -0.457 e. The van der Waals surface area contributed by atoms with Crippen molar-refractivity contribution in [3.63, 3.8) is 0 Å². The highest BCUT2D eigenvalue weighted by Gasteiger charge is 2.13. The van der Waals surface area contributed by atoms with Gasteiger partial charge in [-0.15, -0.1) is 0 Å². The summed E-state index contributed by atoms with van der Waals surface area (Å²) in [4.78, 5) is 15.8. The monoisotopic (exact) mass is 403 g/mol. The number of benzene rings is 1. The number of nitrogens with zero attached hydrogens (tertiary/aromatic N) is 1. The summed E-state index contributed by atoms with van der Waals surface area (Å²) in [5.41, 5.74) is 1.14. The van der Waals surface area contributed by atoms with Crippen molar-refractivity contribution in [2.45, 2.75) is 6.61 Å². The predicted molar refractivity (Wildman–Crippen MR) is 80.2 cm³/mol. The van der Waals surface area contributed by atoms with Crippen molar-refractivity contribution < 1.29 is 9.53 Å². The first-order valence-corrected chi connectivity index (χ1v) is 7.25. The van der Waals surface area contributed by atoms with Crippen LogP contribution in [-0.4, -0.2) is 11.0 Å². The molecular formula is C13H8Br2ClNO2. The molecule has 2 rings (SSSR count). The molecule has 0 saturated heterocycles. The summed E-state index contributed by atoms with van der Waals surface area (Å²) in [6.07, 6.45) is 1.52. The van der Waals surface area contributed by atoms with Crippen LogP contribution in [0.1, 0.15) is 15.9 Å². The van der Waals surface area contributed by atoms with Crippen LogP contribution in [0.2, 0.25) is 5.15 Å². The Hall–Kier alpha value is -0.910. The van der Waals surface area contributed by atoms with Gasteiger partial charge in [-0.2, -0.15) is 0 Å². The molecule has 0 spiro atoms. The molecule has 0 bridgehead atoms. The molecule has 0 aliphatic carbocycles. The van der Waals surface area contributed by atoms with Crippen LogP contribution in [0.25, 0.3) is 0 Å². The third-order valence-corrected chi connectivity index (χ3v) is 3.57. The average Bonchev–Trinajstić information content (AvgIpc) is 2.40. The van der Waals surface area contributed by atoms with Crippen molar-refractivity contribution in [3.8, 4) is 0 Å². The fourth-order valence-electron chi connectivity index (χ4n) is 1.37. The molecule has 0 aliphatic rings. The van der Waals surface area contributed by atoms with Crippen LogP contribution in [0, 0.1) is 0 Å². The molecule has 0 aliphatic heterocycles. The van der Waals surface area contributed by atoms with E-state index < -0.39 is 5.97 Å². The van der Waals surface area contributed by atoms with E-state index in [4.69, 9.17) is 16.3 Å². The van der Waals surface area contributed by atoms with Gasteiger partial charge in [0.05, 0.1) is 5.56 Å². The number of carbonyl (C=O) groups excluding carboxylic acids is 1. The van der Waals surface area contributed by atoms with Gasteiger partial charge in [-0.1, -0.05) is 39.7 Å². The van der Waals surface area contributed by atoms with Gasteiger partial charge in [0, 0.05) is 15.1 Å². The fraction of sp³-hybridized carbons (Fsp3) is 0.0769. The Bertz CT molecular complexity index is 602. The first kappa shape index (κ1) is 14.5. The summed E-state index contributed by atoms with van der Waals surface area (Å²) in [5.74, 6) is -0.498. The van der Waals surface area contributed by atoms with Crippen molar-refractivity contribution in [3.05, 3.63) is 61.8 Å².